The van der Waals surface area contributed by atoms with Crippen molar-refractivity contribution in [3.8, 4) is 11.1 Å². The van der Waals surface area contributed by atoms with E-state index >= 15 is 0 Å². The first-order chi connectivity index (χ1) is 14.8. The molecule has 1 saturated carbocycles. The number of benzene rings is 2. The lowest BCUT2D eigenvalue weighted by Gasteiger charge is -2.28. The molecule has 0 nitrogen and oxygen atoms in total. The van der Waals surface area contributed by atoms with Crippen LogP contribution >= 0.6 is 0 Å². The lowest BCUT2D eigenvalue weighted by molar-refractivity contribution is 0.308. The Morgan fingerprint density at radius 3 is 1.77 bits per heavy atom. The molecule has 0 aromatic heterocycles. The fourth-order valence-corrected chi connectivity index (χ4v) is 5.84. The quantitative estimate of drug-likeness (QED) is 0.434. The molecular formula is C30H40. The third kappa shape index (κ3) is 5.26. The Kier molecular flexibility index (Phi) is 7.47. The van der Waals surface area contributed by atoms with Gasteiger partial charge in [-0.3, -0.25) is 0 Å². The van der Waals surface area contributed by atoms with Crippen molar-refractivity contribution in [2.45, 2.75) is 90.4 Å². The van der Waals surface area contributed by atoms with Crippen molar-refractivity contribution in [1.29, 1.82) is 0 Å². The molecule has 0 aliphatic heterocycles. The maximum atomic E-state index is 2.50. The zero-order valence-electron chi connectivity index (χ0n) is 19.2. The van der Waals surface area contributed by atoms with Crippen molar-refractivity contribution in [2.24, 2.45) is 11.8 Å². The van der Waals surface area contributed by atoms with Gasteiger partial charge in [-0.1, -0.05) is 94.1 Å². The Balaban J connectivity index is 1.37. The van der Waals surface area contributed by atoms with Crippen molar-refractivity contribution in [3.05, 3.63) is 65.7 Å². The Morgan fingerprint density at radius 1 is 0.633 bits per heavy atom. The molecular weight excluding hydrogens is 360 g/mol. The summed E-state index contributed by atoms with van der Waals surface area (Å²) < 4.78 is 0. The highest BCUT2D eigenvalue weighted by Crippen LogP contribution is 2.38. The lowest BCUT2D eigenvalue weighted by Crippen LogP contribution is -2.13. The Labute approximate surface area is 184 Å². The van der Waals surface area contributed by atoms with Gasteiger partial charge in [0, 0.05) is 0 Å². The molecule has 0 N–H and O–H groups in total. The lowest BCUT2D eigenvalue weighted by atomic mass is 9.77. The van der Waals surface area contributed by atoms with Crippen LogP contribution < -0.4 is 0 Å². The van der Waals surface area contributed by atoms with Gasteiger partial charge in [-0.05, 0) is 90.5 Å². The fourth-order valence-electron chi connectivity index (χ4n) is 5.84. The van der Waals surface area contributed by atoms with Crippen molar-refractivity contribution in [3.63, 3.8) is 0 Å². The van der Waals surface area contributed by atoms with Gasteiger partial charge >= 0.3 is 0 Å². The van der Waals surface area contributed by atoms with E-state index in [1.165, 1.54) is 87.3 Å². The van der Waals surface area contributed by atoms with Crippen LogP contribution in [0, 0.1) is 11.8 Å². The van der Waals surface area contributed by atoms with E-state index in [4.69, 9.17) is 0 Å². The van der Waals surface area contributed by atoms with Gasteiger partial charge in [-0.15, -0.1) is 0 Å². The molecule has 0 radical (unpaired) electrons. The highest BCUT2D eigenvalue weighted by atomic mass is 14.3. The standard InChI is InChI=1S/C30H40/c1-3-5-23-7-11-25(12-8-23)27-15-19-29(20-16-27)30-21-17-28(18-22-30)26-13-9-24(6-4-2)10-14-26/h11,15-24,26H,3-10,12-14H2,1-2H3/t23?,24-,26-. The third-order valence-electron chi connectivity index (χ3n) is 7.73. The van der Waals surface area contributed by atoms with Crippen LogP contribution in [-0.2, 0) is 0 Å². The molecule has 1 unspecified atom stereocenters. The van der Waals surface area contributed by atoms with Crippen LogP contribution in [0.1, 0.15) is 102 Å². The Hall–Kier alpha value is -1.82. The van der Waals surface area contributed by atoms with Crippen LogP contribution in [-0.4, -0.2) is 0 Å². The van der Waals surface area contributed by atoms with Crippen molar-refractivity contribution < 1.29 is 0 Å². The molecule has 0 spiro atoms. The molecule has 0 heteroatoms. The van der Waals surface area contributed by atoms with Crippen molar-refractivity contribution in [2.75, 3.05) is 0 Å². The summed E-state index contributed by atoms with van der Waals surface area (Å²) in [5.74, 6) is 2.68. The normalized spacial score (nSPS) is 24.5. The fraction of sp³-hybridized carbons (Fsp3) is 0.533. The van der Waals surface area contributed by atoms with E-state index < -0.39 is 0 Å². The molecule has 30 heavy (non-hydrogen) atoms. The molecule has 2 aromatic carbocycles. The third-order valence-corrected chi connectivity index (χ3v) is 7.73. The van der Waals surface area contributed by atoms with E-state index in [1.54, 1.807) is 11.1 Å². The second-order valence-corrected chi connectivity index (χ2v) is 9.86. The molecule has 2 aliphatic rings. The molecule has 2 aromatic rings. The van der Waals surface area contributed by atoms with Crippen molar-refractivity contribution in [1.82, 2.24) is 0 Å². The maximum Gasteiger partial charge on any atom is -0.0162 e. The topological polar surface area (TPSA) is 0 Å². The van der Waals surface area contributed by atoms with Gasteiger partial charge in [-0.25, -0.2) is 0 Å². The summed E-state index contributed by atoms with van der Waals surface area (Å²) in [5.41, 5.74) is 7.24. The summed E-state index contributed by atoms with van der Waals surface area (Å²) in [7, 11) is 0. The first-order valence-corrected chi connectivity index (χ1v) is 12.7. The van der Waals surface area contributed by atoms with Crippen LogP contribution in [0.15, 0.2) is 54.6 Å². The molecule has 1 atom stereocenters. The van der Waals surface area contributed by atoms with E-state index in [9.17, 15) is 0 Å². The second kappa shape index (κ2) is 10.5. The number of hydrogen-bond acceptors (Lipinski definition) is 0. The predicted molar refractivity (Wildman–Crippen MR) is 132 cm³/mol. The predicted octanol–water partition coefficient (Wildman–Crippen LogP) is 9.41. The van der Waals surface area contributed by atoms with E-state index in [-0.39, 0.29) is 0 Å². The SMILES string of the molecule is CCCC1CC=C(c2ccc(-c3ccc([C@H]4CC[C@H](CCC)CC4)cc3)cc2)CC1. The van der Waals surface area contributed by atoms with Gasteiger partial charge in [0.25, 0.3) is 0 Å². The maximum absolute atomic E-state index is 2.50. The largest absolute Gasteiger partial charge is 0.0804 e. The van der Waals surface area contributed by atoms with Gasteiger partial charge in [0.05, 0.1) is 0 Å². The summed E-state index contributed by atoms with van der Waals surface area (Å²) in [4.78, 5) is 0. The Morgan fingerprint density at radius 2 is 1.20 bits per heavy atom. The van der Waals surface area contributed by atoms with Crippen LogP contribution in [0.3, 0.4) is 0 Å². The van der Waals surface area contributed by atoms with E-state index in [1.807, 2.05) is 0 Å². The van der Waals surface area contributed by atoms with E-state index in [0.29, 0.717) is 0 Å². The Bertz CT molecular complexity index is 800. The summed E-state index contributed by atoms with van der Waals surface area (Å²) in [5, 5.41) is 0. The average molecular weight is 401 g/mol. The molecule has 0 bridgehead atoms. The summed E-state index contributed by atoms with van der Waals surface area (Å²) in [6.07, 6.45) is 17.5. The minimum atomic E-state index is 0.782. The number of allylic oxidation sites excluding steroid dienone is 2. The van der Waals surface area contributed by atoms with Gasteiger partial charge < -0.3 is 0 Å². The molecule has 2 aliphatic carbocycles. The van der Waals surface area contributed by atoms with Gasteiger partial charge in [0.15, 0.2) is 0 Å². The number of rotatable bonds is 7. The highest BCUT2D eigenvalue weighted by Gasteiger charge is 2.21. The van der Waals surface area contributed by atoms with Gasteiger partial charge in [-0.2, -0.15) is 0 Å². The zero-order valence-corrected chi connectivity index (χ0v) is 19.2. The molecule has 4 rings (SSSR count). The highest BCUT2D eigenvalue weighted by molar-refractivity contribution is 5.71. The monoisotopic (exact) mass is 400 g/mol. The van der Waals surface area contributed by atoms with Crippen LogP contribution in [0.4, 0.5) is 0 Å². The van der Waals surface area contributed by atoms with Crippen LogP contribution in [0.5, 0.6) is 0 Å². The summed E-state index contributed by atoms with van der Waals surface area (Å²) in [6, 6.07) is 18.8. The van der Waals surface area contributed by atoms with E-state index in [2.05, 4.69) is 68.5 Å². The molecule has 1 fully saturated rings. The average Bonchev–Trinajstić information content (AvgIpc) is 2.81. The minimum Gasteiger partial charge on any atom is -0.0804 e. The molecule has 0 saturated heterocycles. The number of hydrogen-bond donors (Lipinski definition) is 0. The van der Waals surface area contributed by atoms with Gasteiger partial charge in [0.1, 0.15) is 0 Å². The minimum absolute atomic E-state index is 0.782. The van der Waals surface area contributed by atoms with Crippen molar-refractivity contribution >= 4 is 5.57 Å². The molecule has 160 valence electrons. The van der Waals surface area contributed by atoms with Gasteiger partial charge in [0.2, 0.25) is 0 Å². The van der Waals surface area contributed by atoms with Crippen LogP contribution in [0.2, 0.25) is 0 Å². The second-order valence-electron chi connectivity index (χ2n) is 9.86. The van der Waals surface area contributed by atoms with Crippen LogP contribution in [0.25, 0.3) is 16.7 Å². The summed E-state index contributed by atoms with van der Waals surface area (Å²) >= 11 is 0. The first kappa shape index (κ1) is 21.4. The zero-order chi connectivity index (χ0) is 20.8. The molecule has 0 heterocycles. The smallest absolute Gasteiger partial charge is 0.0162 e. The molecule has 0 amide bonds. The van der Waals surface area contributed by atoms with E-state index in [0.717, 1.165) is 17.8 Å². The first-order valence-electron chi connectivity index (χ1n) is 12.7. The summed E-state index contributed by atoms with van der Waals surface area (Å²) in [6.45, 7) is 4.63.